The Hall–Kier alpha value is -2.58. The van der Waals surface area contributed by atoms with Crippen molar-refractivity contribution < 1.29 is 23.8 Å². The Morgan fingerprint density at radius 3 is 2.64 bits per heavy atom. The molecule has 7 nitrogen and oxygen atoms in total. The van der Waals surface area contributed by atoms with Crippen molar-refractivity contribution in [2.75, 3.05) is 7.11 Å². The Morgan fingerprint density at radius 2 is 2.04 bits per heavy atom. The van der Waals surface area contributed by atoms with Crippen molar-refractivity contribution in [3.8, 4) is 5.75 Å². The molecule has 3 rings (SSSR count). The van der Waals surface area contributed by atoms with E-state index >= 15 is 0 Å². The number of carbonyl (C=O) groups is 1. The summed E-state index contributed by atoms with van der Waals surface area (Å²) in [5.74, 6) is -1.70. The van der Waals surface area contributed by atoms with Crippen LogP contribution < -0.4 is 15.9 Å². The highest BCUT2D eigenvalue weighted by molar-refractivity contribution is 9.10. The largest absolute Gasteiger partial charge is 0.465 e. The normalized spacial score (nSPS) is 16.2. The van der Waals surface area contributed by atoms with Crippen LogP contribution in [-0.4, -0.2) is 18.2 Å². The number of rotatable bonds is 3. The van der Waals surface area contributed by atoms with E-state index in [0.29, 0.717) is 5.56 Å². The fourth-order valence-corrected chi connectivity index (χ4v) is 2.92. The fourth-order valence-electron chi connectivity index (χ4n) is 2.66. The number of aliphatic hydroxyl groups excluding tert-OH is 1. The van der Waals surface area contributed by atoms with Gasteiger partial charge in [0, 0.05) is 10.5 Å². The zero-order valence-electron chi connectivity index (χ0n) is 13.1. The van der Waals surface area contributed by atoms with Crippen LogP contribution in [0.25, 0.3) is 0 Å². The van der Waals surface area contributed by atoms with Crippen molar-refractivity contribution in [1.29, 1.82) is 0 Å². The monoisotopic (exact) mass is 407 g/mol. The molecule has 8 heteroatoms. The number of ether oxygens (including phenoxy) is 2. The number of hydrogen-bond acceptors (Lipinski definition) is 7. The van der Waals surface area contributed by atoms with E-state index in [1.165, 1.54) is 7.11 Å². The Kier molecular flexibility index (Phi) is 4.65. The molecule has 2 heterocycles. The van der Waals surface area contributed by atoms with Crippen LogP contribution in [0, 0.1) is 0 Å². The highest BCUT2D eigenvalue weighted by Crippen LogP contribution is 2.41. The lowest BCUT2D eigenvalue weighted by atomic mass is 9.87. The molecule has 0 fully saturated rings. The zero-order chi connectivity index (χ0) is 18.1. The molecule has 0 saturated carbocycles. The molecule has 1 aromatic heterocycles. The quantitative estimate of drug-likeness (QED) is 0.745. The van der Waals surface area contributed by atoms with E-state index in [9.17, 15) is 14.7 Å². The molecule has 0 spiro atoms. The summed E-state index contributed by atoms with van der Waals surface area (Å²) in [7, 11) is 1.22. The van der Waals surface area contributed by atoms with Crippen LogP contribution in [0.15, 0.2) is 55.5 Å². The maximum atomic E-state index is 12.3. The Labute approximate surface area is 150 Å². The number of aliphatic hydroxyl groups is 1. The summed E-state index contributed by atoms with van der Waals surface area (Å²) in [6, 6.07) is 8.19. The predicted octanol–water partition coefficient (Wildman–Crippen LogP) is 1.76. The molecule has 1 aliphatic heterocycles. The molecule has 130 valence electrons. The Morgan fingerprint density at radius 1 is 1.36 bits per heavy atom. The van der Waals surface area contributed by atoms with Gasteiger partial charge in [0.2, 0.25) is 17.1 Å². The van der Waals surface area contributed by atoms with Gasteiger partial charge < -0.3 is 24.7 Å². The summed E-state index contributed by atoms with van der Waals surface area (Å²) >= 11 is 3.35. The third kappa shape index (κ3) is 3.06. The van der Waals surface area contributed by atoms with Crippen molar-refractivity contribution in [1.82, 2.24) is 0 Å². The molecule has 1 unspecified atom stereocenters. The van der Waals surface area contributed by atoms with Crippen LogP contribution in [0.1, 0.15) is 23.0 Å². The van der Waals surface area contributed by atoms with Gasteiger partial charge in [-0.05, 0) is 17.7 Å². The van der Waals surface area contributed by atoms with Crippen LogP contribution in [0.3, 0.4) is 0 Å². The molecular weight excluding hydrogens is 394 g/mol. The third-order valence-electron chi connectivity index (χ3n) is 3.77. The number of esters is 1. The van der Waals surface area contributed by atoms with E-state index in [1.807, 2.05) is 0 Å². The minimum Gasteiger partial charge on any atom is -0.465 e. The van der Waals surface area contributed by atoms with E-state index < -0.39 is 23.9 Å². The van der Waals surface area contributed by atoms with E-state index in [-0.39, 0.29) is 28.7 Å². The predicted molar refractivity (Wildman–Crippen MR) is 90.7 cm³/mol. The number of hydrogen-bond donors (Lipinski definition) is 2. The summed E-state index contributed by atoms with van der Waals surface area (Å²) < 4.78 is 16.6. The van der Waals surface area contributed by atoms with Gasteiger partial charge >= 0.3 is 5.97 Å². The number of fused-ring (bicyclic) bond motifs is 1. The molecular formula is C17H14BrNO6. The average Bonchev–Trinajstić information content (AvgIpc) is 2.61. The van der Waals surface area contributed by atoms with Gasteiger partial charge in [-0.2, -0.15) is 0 Å². The minimum atomic E-state index is -0.802. The minimum absolute atomic E-state index is 0.0237. The molecule has 1 aromatic carbocycles. The molecule has 0 aliphatic carbocycles. The van der Waals surface area contributed by atoms with Crippen molar-refractivity contribution in [2.45, 2.75) is 12.5 Å². The van der Waals surface area contributed by atoms with Crippen LogP contribution >= 0.6 is 15.9 Å². The second-order valence-corrected chi connectivity index (χ2v) is 6.20. The molecule has 2 aromatic rings. The maximum absolute atomic E-state index is 12.3. The van der Waals surface area contributed by atoms with Gasteiger partial charge in [0.05, 0.1) is 13.0 Å². The van der Waals surface area contributed by atoms with Crippen LogP contribution in [0.4, 0.5) is 0 Å². The molecule has 0 saturated heterocycles. The second kappa shape index (κ2) is 6.73. The van der Waals surface area contributed by atoms with Gasteiger partial charge in [-0.15, -0.1) is 0 Å². The van der Waals surface area contributed by atoms with Crippen molar-refractivity contribution in [2.24, 2.45) is 5.73 Å². The molecule has 0 amide bonds. The molecule has 0 radical (unpaired) electrons. The van der Waals surface area contributed by atoms with Crippen LogP contribution in [-0.2, 0) is 16.1 Å². The fraction of sp³-hybridized carbons (Fsp3) is 0.176. The van der Waals surface area contributed by atoms with E-state index in [2.05, 4.69) is 15.9 Å². The average molecular weight is 408 g/mol. The lowest BCUT2D eigenvalue weighted by molar-refractivity contribution is -0.136. The second-order valence-electron chi connectivity index (χ2n) is 5.28. The Balaban J connectivity index is 2.29. The number of carbonyl (C=O) groups excluding carboxylic acids is 1. The van der Waals surface area contributed by atoms with E-state index in [1.54, 1.807) is 24.3 Å². The zero-order valence-corrected chi connectivity index (χ0v) is 14.7. The molecule has 1 aliphatic rings. The van der Waals surface area contributed by atoms with Crippen molar-refractivity contribution >= 4 is 21.9 Å². The summed E-state index contributed by atoms with van der Waals surface area (Å²) in [5.41, 5.74) is 6.06. The standard InChI is InChI=1S/C17H14BrNO6/c1-23-17(22)13-12(8-2-4-9(18)5-3-8)15-14(25-16(13)19)11(21)6-10(7-20)24-15/h2-6,12,20H,7,19H2,1H3. The van der Waals surface area contributed by atoms with E-state index in [0.717, 1.165) is 10.5 Å². The summed E-state index contributed by atoms with van der Waals surface area (Å²) in [5, 5.41) is 9.32. The van der Waals surface area contributed by atoms with Gasteiger partial charge in [-0.25, -0.2) is 4.79 Å². The number of nitrogens with two attached hydrogens (primary N) is 1. The first-order valence-corrected chi connectivity index (χ1v) is 8.04. The summed E-state index contributed by atoms with van der Waals surface area (Å²) in [6.07, 6.45) is 0. The van der Waals surface area contributed by atoms with Gasteiger partial charge in [-0.1, -0.05) is 28.1 Å². The smallest absolute Gasteiger partial charge is 0.340 e. The van der Waals surface area contributed by atoms with Gasteiger partial charge in [0.15, 0.2) is 5.76 Å². The number of benzene rings is 1. The highest BCUT2D eigenvalue weighted by Gasteiger charge is 2.38. The number of methoxy groups -OCH3 is 1. The van der Waals surface area contributed by atoms with Crippen LogP contribution in [0.2, 0.25) is 0 Å². The van der Waals surface area contributed by atoms with Gasteiger partial charge in [0.25, 0.3) is 0 Å². The Bertz CT molecular complexity index is 916. The maximum Gasteiger partial charge on any atom is 0.340 e. The first-order valence-electron chi connectivity index (χ1n) is 7.25. The lowest BCUT2D eigenvalue weighted by Crippen LogP contribution is -2.29. The van der Waals surface area contributed by atoms with Gasteiger partial charge in [0.1, 0.15) is 17.9 Å². The van der Waals surface area contributed by atoms with Gasteiger partial charge in [-0.3, -0.25) is 4.79 Å². The highest BCUT2D eigenvalue weighted by atomic mass is 79.9. The van der Waals surface area contributed by atoms with Crippen molar-refractivity contribution in [3.05, 3.63) is 73.6 Å². The molecule has 1 atom stereocenters. The van der Waals surface area contributed by atoms with Crippen LogP contribution in [0.5, 0.6) is 5.75 Å². The molecule has 25 heavy (non-hydrogen) atoms. The first kappa shape index (κ1) is 17.2. The third-order valence-corrected chi connectivity index (χ3v) is 4.30. The summed E-state index contributed by atoms with van der Waals surface area (Å²) in [6.45, 7) is -0.470. The lowest BCUT2D eigenvalue weighted by Gasteiger charge is -2.26. The topological polar surface area (TPSA) is 112 Å². The number of halogens is 1. The molecule has 0 bridgehead atoms. The first-order chi connectivity index (χ1) is 12.0. The van der Waals surface area contributed by atoms with E-state index in [4.69, 9.17) is 19.6 Å². The molecule has 3 N–H and O–H groups in total. The SMILES string of the molecule is COC(=O)C1=C(N)Oc2c(oc(CO)cc2=O)C1c1ccc(Br)cc1. The van der Waals surface area contributed by atoms with Crippen molar-refractivity contribution in [3.63, 3.8) is 0 Å². The summed E-state index contributed by atoms with van der Waals surface area (Å²) in [4.78, 5) is 24.5.